The summed E-state index contributed by atoms with van der Waals surface area (Å²) in [7, 11) is 1.65. The third-order valence-electron chi connectivity index (χ3n) is 5.54. The van der Waals surface area contributed by atoms with E-state index in [-0.39, 0.29) is 12.5 Å². The van der Waals surface area contributed by atoms with E-state index in [1.165, 1.54) is 16.6 Å². The first kappa shape index (κ1) is 17.0. The van der Waals surface area contributed by atoms with Gasteiger partial charge in [0.25, 0.3) is 0 Å². The number of para-hydroxylation sites is 3. The Hall–Kier alpha value is -3.12. The smallest absolute Gasteiger partial charge is 0.242 e. The van der Waals surface area contributed by atoms with Gasteiger partial charge in [-0.15, -0.1) is 0 Å². The highest BCUT2D eigenvalue weighted by Crippen LogP contribution is 2.28. The minimum absolute atomic E-state index is 0.108. The number of fused-ring (bicyclic) bond motifs is 4. The molecule has 5 rings (SSSR count). The third-order valence-corrected chi connectivity index (χ3v) is 5.54. The number of carbonyl (C=O) groups excluding carboxylic acids is 1. The molecule has 6 nitrogen and oxygen atoms in total. The quantitative estimate of drug-likeness (QED) is 0.596. The Labute approximate surface area is 162 Å². The molecule has 1 aliphatic heterocycles. The highest BCUT2D eigenvalue weighted by molar-refractivity contribution is 5.86. The van der Waals surface area contributed by atoms with E-state index >= 15 is 0 Å². The Morgan fingerprint density at radius 2 is 2.00 bits per heavy atom. The lowest BCUT2D eigenvalue weighted by Crippen LogP contribution is -2.38. The SMILES string of the molecule is COCc1nc2ccccc2n1CC(=O)N1CCc2[nH]c3ccccc3c2C1. The number of H-pyrrole nitrogens is 1. The zero-order valence-corrected chi connectivity index (χ0v) is 15.8. The largest absolute Gasteiger partial charge is 0.377 e. The summed E-state index contributed by atoms with van der Waals surface area (Å²) in [5, 5.41) is 1.21. The van der Waals surface area contributed by atoms with Crippen LogP contribution in [-0.4, -0.2) is 39.0 Å². The molecule has 0 saturated heterocycles. The Morgan fingerprint density at radius 3 is 2.89 bits per heavy atom. The van der Waals surface area contributed by atoms with E-state index in [1.54, 1.807) is 7.11 Å². The molecule has 3 heterocycles. The van der Waals surface area contributed by atoms with Crippen molar-refractivity contribution in [2.45, 2.75) is 26.1 Å². The molecule has 0 saturated carbocycles. The summed E-state index contributed by atoms with van der Waals surface area (Å²) < 4.78 is 7.28. The van der Waals surface area contributed by atoms with Crippen LogP contribution in [0.1, 0.15) is 17.1 Å². The van der Waals surface area contributed by atoms with Crippen LogP contribution in [0.25, 0.3) is 21.9 Å². The Bertz CT molecular complexity index is 1170. The molecule has 0 fully saturated rings. The summed E-state index contributed by atoms with van der Waals surface area (Å²) in [6.07, 6.45) is 0.853. The fourth-order valence-electron chi connectivity index (χ4n) is 4.16. The number of carbonyl (C=O) groups is 1. The molecule has 0 spiro atoms. The van der Waals surface area contributed by atoms with Crippen molar-refractivity contribution < 1.29 is 9.53 Å². The van der Waals surface area contributed by atoms with Gasteiger partial charge in [0.15, 0.2) is 0 Å². The predicted molar refractivity (Wildman–Crippen MR) is 108 cm³/mol. The fourth-order valence-corrected chi connectivity index (χ4v) is 4.16. The van der Waals surface area contributed by atoms with E-state index in [2.05, 4.69) is 22.1 Å². The molecule has 0 atom stereocenters. The minimum Gasteiger partial charge on any atom is -0.377 e. The number of aromatic nitrogens is 3. The number of methoxy groups -OCH3 is 1. The summed E-state index contributed by atoms with van der Waals surface area (Å²) in [6, 6.07) is 16.2. The number of rotatable bonds is 4. The number of hydrogen-bond acceptors (Lipinski definition) is 3. The number of ether oxygens (including phenoxy) is 1. The lowest BCUT2D eigenvalue weighted by Gasteiger charge is -2.28. The minimum atomic E-state index is 0.108. The highest BCUT2D eigenvalue weighted by Gasteiger charge is 2.25. The molecule has 2 aromatic heterocycles. The molecule has 0 unspecified atom stereocenters. The monoisotopic (exact) mass is 374 g/mol. The van der Waals surface area contributed by atoms with Crippen molar-refractivity contribution in [3.63, 3.8) is 0 Å². The van der Waals surface area contributed by atoms with Crippen molar-refractivity contribution in [2.24, 2.45) is 0 Å². The summed E-state index contributed by atoms with van der Waals surface area (Å²) in [6.45, 7) is 2.03. The zero-order chi connectivity index (χ0) is 19.1. The van der Waals surface area contributed by atoms with Crippen molar-refractivity contribution >= 4 is 27.8 Å². The molecule has 28 heavy (non-hydrogen) atoms. The maximum absolute atomic E-state index is 13.2. The van der Waals surface area contributed by atoms with Gasteiger partial charge in [-0.1, -0.05) is 30.3 Å². The second kappa shape index (κ2) is 6.80. The maximum atomic E-state index is 13.2. The normalized spacial score (nSPS) is 14.0. The molecular weight excluding hydrogens is 352 g/mol. The molecule has 0 bridgehead atoms. The van der Waals surface area contributed by atoms with Crippen LogP contribution >= 0.6 is 0 Å². The summed E-state index contributed by atoms with van der Waals surface area (Å²) in [4.78, 5) is 23.2. The van der Waals surface area contributed by atoms with E-state index < -0.39 is 0 Å². The van der Waals surface area contributed by atoms with Crippen molar-refractivity contribution in [1.29, 1.82) is 0 Å². The van der Waals surface area contributed by atoms with Crippen LogP contribution < -0.4 is 0 Å². The first-order valence-electron chi connectivity index (χ1n) is 9.54. The molecule has 1 aliphatic rings. The first-order valence-corrected chi connectivity index (χ1v) is 9.54. The van der Waals surface area contributed by atoms with Crippen LogP contribution in [-0.2, 0) is 35.6 Å². The van der Waals surface area contributed by atoms with E-state index in [1.807, 2.05) is 45.9 Å². The van der Waals surface area contributed by atoms with Crippen molar-refractivity contribution in [3.8, 4) is 0 Å². The zero-order valence-electron chi connectivity index (χ0n) is 15.8. The van der Waals surface area contributed by atoms with Gasteiger partial charge in [0.1, 0.15) is 19.0 Å². The second-order valence-electron chi connectivity index (χ2n) is 7.23. The lowest BCUT2D eigenvalue weighted by atomic mass is 10.0. The molecule has 0 radical (unpaired) electrons. The van der Waals surface area contributed by atoms with Gasteiger partial charge >= 0.3 is 0 Å². The Balaban J connectivity index is 1.44. The molecule has 1 N–H and O–H groups in total. The van der Waals surface area contributed by atoms with Gasteiger partial charge in [-0.2, -0.15) is 0 Å². The average molecular weight is 374 g/mol. The number of aromatic amines is 1. The van der Waals surface area contributed by atoms with Gasteiger partial charge in [-0.25, -0.2) is 4.98 Å². The molecule has 2 aromatic carbocycles. The van der Waals surface area contributed by atoms with E-state index in [9.17, 15) is 4.79 Å². The van der Waals surface area contributed by atoms with Crippen molar-refractivity contribution in [2.75, 3.05) is 13.7 Å². The van der Waals surface area contributed by atoms with Crippen molar-refractivity contribution in [3.05, 3.63) is 65.6 Å². The lowest BCUT2D eigenvalue weighted by molar-refractivity contribution is -0.132. The maximum Gasteiger partial charge on any atom is 0.242 e. The summed E-state index contributed by atoms with van der Waals surface area (Å²) in [5.74, 6) is 0.887. The number of imidazole rings is 1. The van der Waals surface area contributed by atoms with Crippen LogP contribution in [0.4, 0.5) is 0 Å². The highest BCUT2D eigenvalue weighted by atomic mass is 16.5. The molecule has 142 valence electrons. The van der Waals surface area contributed by atoms with Gasteiger partial charge in [0.2, 0.25) is 5.91 Å². The van der Waals surface area contributed by atoms with Crippen LogP contribution in [0.15, 0.2) is 48.5 Å². The van der Waals surface area contributed by atoms with Gasteiger partial charge in [0.05, 0.1) is 11.0 Å². The van der Waals surface area contributed by atoms with Gasteiger partial charge in [-0.3, -0.25) is 4.79 Å². The van der Waals surface area contributed by atoms with E-state index in [0.717, 1.165) is 35.3 Å². The summed E-state index contributed by atoms with van der Waals surface area (Å²) in [5.41, 5.74) is 5.48. The van der Waals surface area contributed by atoms with Gasteiger partial charge in [0, 0.05) is 48.8 Å². The molecular formula is C22H22N4O2. The van der Waals surface area contributed by atoms with Crippen LogP contribution in [0.3, 0.4) is 0 Å². The van der Waals surface area contributed by atoms with Crippen LogP contribution in [0.2, 0.25) is 0 Å². The number of nitrogens with one attached hydrogen (secondary N) is 1. The Morgan fingerprint density at radius 1 is 1.18 bits per heavy atom. The van der Waals surface area contributed by atoms with Crippen LogP contribution in [0.5, 0.6) is 0 Å². The Kier molecular flexibility index (Phi) is 4.13. The number of hydrogen-bond donors (Lipinski definition) is 1. The molecule has 4 aromatic rings. The average Bonchev–Trinajstić information content (AvgIpc) is 3.26. The topological polar surface area (TPSA) is 63.2 Å². The molecule has 6 heteroatoms. The number of benzene rings is 2. The standard InChI is InChI=1S/C22H22N4O2/c1-28-14-21-24-19-8-4-5-9-20(19)26(21)13-22(27)25-11-10-18-16(12-25)15-6-2-3-7-17(15)23-18/h2-9,23H,10-14H2,1H3. The van der Waals surface area contributed by atoms with E-state index in [4.69, 9.17) is 4.74 Å². The van der Waals surface area contributed by atoms with Crippen LogP contribution in [0, 0.1) is 0 Å². The first-order chi connectivity index (χ1) is 13.7. The predicted octanol–water partition coefficient (Wildman–Crippen LogP) is 3.25. The molecule has 1 amide bonds. The molecule has 0 aliphatic carbocycles. The summed E-state index contributed by atoms with van der Waals surface area (Å²) >= 11 is 0. The van der Waals surface area contributed by atoms with Gasteiger partial charge in [-0.05, 0) is 18.2 Å². The fraction of sp³-hybridized carbons (Fsp3) is 0.273. The third kappa shape index (κ3) is 2.77. The second-order valence-corrected chi connectivity index (χ2v) is 7.23. The van der Waals surface area contributed by atoms with E-state index in [0.29, 0.717) is 13.2 Å². The number of amides is 1. The van der Waals surface area contributed by atoms with Crippen molar-refractivity contribution in [1.82, 2.24) is 19.4 Å². The van der Waals surface area contributed by atoms with Gasteiger partial charge < -0.3 is 19.2 Å². The number of nitrogens with zero attached hydrogens (tertiary/aromatic N) is 3.